The van der Waals surface area contributed by atoms with E-state index in [4.69, 9.17) is 16.9 Å². The summed E-state index contributed by atoms with van der Waals surface area (Å²) in [6.07, 6.45) is 4.58. The lowest BCUT2D eigenvalue weighted by Crippen LogP contribution is -2.32. The topological polar surface area (TPSA) is 118 Å². The van der Waals surface area contributed by atoms with Gasteiger partial charge in [-0.05, 0) is 49.2 Å². The molecule has 0 radical (unpaired) electrons. The summed E-state index contributed by atoms with van der Waals surface area (Å²) in [6.45, 7) is 0. The van der Waals surface area contributed by atoms with Gasteiger partial charge in [0.25, 0.3) is 0 Å². The fourth-order valence-electron chi connectivity index (χ4n) is 4.59. The first-order chi connectivity index (χ1) is 16.6. The molecule has 1 saturated carbocycles. The summed E-state index contributed by atoms with van der Waals surface area (Å²) in [5.74, 6) is 1.44. The third-order valence-corrected chi connectivity index (χ3v) is 6.60. The van der Waals surface area contributed by atoms with Crippen molar-refractivity contribution in [2.24, 2.45) is 0 Å². The highest BCUT2D eigenvalue weighted by Gasteiger charge is 2.38. The summed E-state index contributed by atoms with van der Waals surface area (Å²) in [4.78, 5) is 23.9. The molecule has 3 heterocycles. The van der Waals surface area contributed by atoms with Gasteiger partial charge in [0.1, 0.15) is 17.8 Å². The van der Waals surface area contributed by atoms with Crippen LogP contribution in [-0.2, 0) is 0 Å². The molecule has 10 heteroatoms. The predicted octanol–water partition coefficient (Wildman–Crippen LogP) is 4.01. The Balaban J connectivity index is 1.38. The van der Waals surface area contributed by atoms with Crippen molar-refractivity contribution in [2.45, 2.75) is 24.8 Å². The molecule has 166 valence electrons. The molecule has 34 heavy (non-hydrogen) atoms. The Kier molecular flexibility index (Phi) is 4.74. The standard InChI is InChI=1S/C24H17ClN8O/c25-17-3-1-2-4-20(17)33-22(30-31-23(33)18-7-8-27-13-28-18)15-10-16(11-15)32-21-6-5-14(12-26)9-19(21)29-24(32)34/h1-9,13,15-16H,10-11H2,(H,29,34). The summed E-state index contributed by atoms with van der Waals surface area (Å²) < 4.78 is 3.72. The van der Waals surface area contributed by atoms with Crippen LogP contribution in [0.1, 0.15) is 36.2 Å². The third-order valence-electron chi connectivity index (χ3n) is 6.28. The molecule has 0 atom stereocenters. The number of halogens is 1. The molecular weight excluding hydrogens is 452 g/mol. The number of fused-ring (bicyclic) bond motifs is 1. The molecule has 1 aliphatic rings. The Labute approximate surface area is 198 Å². The van der Waals surface area contributed by atoms with E-state index in [9.17, 15) is 4.79 Å². The van der Waals surface area contributed by atoms with Crippen molar-refractivity contribution in [1.29, 1.82) is 5.26 Å². The molecule has 1 fully saturated rings. The Hall–Kier alpha value is -4.29. The second kappa shape index (κ2) is 7.93. The van der Waals surface area contributed by atoms with Gasteiger partial charge in [0.15, 0.2) is 5.82 Å². The Morgan fingerprint density at radius 3 is 2.74 bits per heavy atom. The fourth-order valence-corrected chi connectivity index (χ4v) is 4.81. The zero-order chi connectivity index (χ0) is 23.2. The van der Waals surface area contributed by atoms with Gasteiger partial charge in [-0.25, -0.2) is 14.8 Å². The highest BCUT2D eigenvalue weighted by Crippen LogP contribution is 2.46. The summed E-state index contributed by atoms with van der Waals surface area (Å²) in [7, 11) is 0. The summed E-state index contributed by atoms with van der Waals surface area (Å²) in [5.41, 5.74) is 3.21. The lowest BCUT2D eigenvalue weighted by Gasteiger charge is -2.35. The smallest absolute Gasteiger partial charge is 0.305 e. The average molecular weight is 469 g/mol. The minimum atomic E-state index is -0.178. The number of nitrogens with zero attached hydrogens (tertiary/aromatic N) is 7. The number of hydrogen-bond donors (Lipinski definition) is 1. The molecule has 5 aromatic rings. The first kappa shape index (κ1) is 20.3. The van der Waals surface area contributed by atoms with Gasteiger partial charge >= 0.3 is 5.69 Å². The number of aromatic nitrogens is 7. The van der Waals surface area contributed by atoms with Crippen LogP contribution in [0, 0.1) is 11.3 Å². The van der Waals surface area contributed by atoms with Crippen molar-refractivity contribution < 1.29 is 0 Å². The third kappa shape index (κ3) is 3.19. The van der Waals surface area contributed by atoms with Gasteiger partial charge in [-0.15, -0.1) is 10.2 Å². The van der Waals surface area contributed by atoms with Gasteiger partial charge in [-0.2, -0.15) is 5.26 Å². The van der Waals surface area contributed by atoms with Crippen molar-refractivity contribution in [3.05, 3.63) is 87.9 Å². The Bertz CT molecular complexity index is 1620. The maximum atomic E-state index is 12.7. The molecule has 0 spiro atoms. The molecule has 6 rings (SSSR count). The molecule has 2 aromatic carbocycles. The highest BCUT2D eigenvalue weighted by molar-refractivity contribution is 6.32. The van der Waals surface area contributed by atoms with Gasteiger partial charge in [0, 0.05) is 18.2 Å². The first-order valence-corrected chi connectivity index (χ1v) is 11.1. The fraction of sp³-hybridized carbons (Fsp3) is 0.167. The molecule has 9 nitrogen and oxygen atoms in total. The van der Waals surface area contributed by atoms with Crippen molar-refractivity contribution >= 4 is 22.6 Å². The lowest BCUT2D eigenvalue weighted by atomic mass is 9.79. The molecule has 0 bridgehead atoms. The second-order valence-corrected chi connectivity index (χ2v) is 8.64. The highest BCUT2D eigenvalue weighted by atomic mass is 35.5. The molecule has 0 unspecified atom stereocenters. The van der Waals surface area contributed by atoms with E-state index in [0.717, 1.165) is 29.9 Å². The summed E-state index contributed by atoms with van der Waals surface area (Å²) >= 11 is 6.55. The van der Waals surface area contributed by atoms with E-state index in [-0.39, 0.29) is 17.6 Å². The van der Waals surface area contributed by atoms with E-state index in [2.05, 4.69) is 31.2 Å². The monoisotopic (exact) mass is 468 g/mol. The zero-order valence-corrected chi connectivity index (χ0v) is 18.5. The minimum Gasteiger partial charge on any atom is -0.305 e. The number of nitrogens with one attached hydrogen (secondary N) is 1. The number of nitriles is 1. The van der Waals surface area contributed by atoms with Crippen LogP contribution in [-0.4, -0.2) is 34.3 Å². The average Bonchev–Trinajstić information content (AvgIpc) is 3.40. The predicted molar refractivity (Wildman–Crippen MR) is 126 cm³/mol. The van der Waals surface area contributed by atoms with Crippen LogP contribution in [0.5, 0.6) is 0 Å². The number of aromatic amines is 1. The lowest BCUT2D eigenvalue weighted by molar-refractivity contribution is 0.254. The number of imidazole rings is 1. The van der Waals surface area contributed by atoms with Crippen molar-refractivity contribution in [2.75, 3.05) is 0 Å². The largest absolute Gasteiger partial charge is 0.326 e. The molecule has 0 amide bonds. The molecule has 0 aliphatic heterocycles. The molecule has 3 aromatic heterocycles. The van der Waals surface area contributed by atoms with Gasteiger partial charge in [0.05, 0.1) is 33.4 Å². The van der Waals surface area contributed by atoms with Gasteiger partial charge in [-0.3, -0.25) is 9.13 Å². The maximum Gasteiger partial charge on any atom is 0.326 e. The van der Waals surface area contributed by atoms with E-state index < -0.39 is 0 Å². The van der Waals surface area contributed by atoms with Crippen LogP contribution in [0.15, 0.2) is 65.8 Å². The van der Waals surface area contributed by atoms with Crippen LogP contribution in [0.2, 0.25) is 5.02 Å². The van der Waals surface area contributed by atoms with E-state index >= 15 is 0 Å². The maximum absolute atomic E-state index is 12.7. The van der Waals surface area contributed by atoms with E-state index in [1.165, 1.54) is 6.33 Å². The molecule has 1 aliphatic carbocycles. The Morgan fingerprint density at radius 1 is 1.12 bits per heavy atom. The van der Waals surface area contributed by atoms with Gasteiger partial charge in [-0.1, -0.05) is 23.7 Å². The van der Waals surface area contributed by atoms with Crippen LogP contribution >= 0.6 is 11.6 Å². The first-order valence-electron chi connectivity index (χ1n) is 10.7. The van der Waals surface area contributed by atoms with Crippen molar-refractivity contribution in [1.82, 2.24) is 34.3 Å². The summed E-state index contributed by atoms with van der Waals surface area (Å²) in [5, 5.41) is 18.7. The van der Waals surface area contributed by atoms with Crippen molar-refractivity contribution in [3.63, 3.8) is 0 Å². The van der Waals surface area contributed by atoms with E-state index in [0.29, 0.717) is 27.6 Å². The van der Waals surface area contributed by atoms with Crippen molar-refractivity contribution in [3.8, 4) is 23.3 Å². The number of benzene rings is 2. The number of hydrogen-bond acceptors (Lipinski definition) is 6. The summed E-state index contributed by atoms with van der Waals surface area (Å²) in [6, 6.07) is 16.7. The van der Waals surface area contributed by atoms with Crippen LogP contribution in [0.25, 0.3) is 28.2 Å². The number of H-pyrrole nitrogens is 1. The SMILES string of the molecule is N#Cc1ccc2c(c1)[nH]c(=O)n2C1CC(c2nnc(-c3ccncn3)n2-c2ccccc2Cl)C1. The zero-order valence-electron chi connectivity index (χ0n) is 17.8. The molecule has 0 saturated heterocycles. The van der Waals surface area contributed by atoms with Gasteiger partial charge < -0.3 is 4.98 Å². The molecular formula is C24H17ClN8O. The van der Waals surface area contributed by atoms with E-state index in [1.807, 2.05) is 34.9 Å². The van der Waals surface area contributed by atoms with Crippen LogP contribution < -0.4 is 5.69 Å². The normalized spacial score (nSPS) is 17.4. The number of rotatable bonds is 4. The van der Waals surface area contributed by atoms with E-state index in [1.54, 1.807) is 29.0 Å². The second-order valence-electron chi connectivity index (χ2n) is 8.23. The Morgan fingerprint density at radius 2 is 1.97 bits per heavy atom. The van der Waals surface area contributed by atoms with Crippen LogP contribution in [0.3, 0.4) is 0 Å². The van der Waals surface area contributed by atoms with Gasteiger partial charge in [0.2, 0.25) is 0 Å². The number of para-hydroxylation sites is 1. The van der Waals surface area contributed by atoms with Crippen LogP contribution in [0.4, 0.5) is 0 Å². The quantitative estimate of drug-likeness (QED) is 0.425. The minimum absolute atomic E-state index is 0.0121. The molecule has 1 N–H and O–H groups in total.